The number of methoxy groups -OCH3 is 1. The molecule has 2 heteroatoms. The van der Waals surface area contributed by atoms with Crippen molar-refractivity contribution in [2.24, 2.45) is 35.5 Å². The lowest BCUT2D eigenvalue weighted by Gasteiger charge is -2.68. The van der Waals surface area contributed by atoms with Gasteiger partial charge in [0.25, 0.3) is 0 Å². The molecule has 2 aromatic rings. The van der Waals surface area contributed by atoms with Crippen molar-refractivity contribution in [1.82, 2.24) is 0 Å². The zero-order chi connectivity index (χ0) is 31.4. The summed E-state index contributed by atoms with van der Waals surface area (Å²) in [6.07, 6.45) is 18.4. The molecule has 244 valence electrons. The molecule has 0 amide bonds. The Labute approximate surface area is 276 Å². The normalized spacial score (nSPS) is 37.0. The maximum atomic E-state index is 6.54. The lowest BCUT2D eigenvalue weighted by atomic mass is 9.55. The summed E-state index contributed by atoms with van der Waals surface area (Å²) in [5.41, 5.74) is 9.30. The molecule has 0 aromatic heterocycles. The van der Waals surface area contributed by atoms with E-state index >= 15 is 0 Å². The fourth-order valence-corrected chi connectivity index (χ4v) is 18.7. The average Bonchev–Trinajstić information content (AvgIpc) is 2.95. The SMILES string of the molecule is COc1ccc(C)c(P(C23CC4CC(CC(C4)C2)C3)C23CC4CC(CC(C4)C2)C3)c1-c1c(C(C)C)cc(C(C)C)cc1C(C)C. The Morgan fingerprint density at radius 3 is 1.33 bits per heavy atom. The number of hydrogen-bond acceptors (Lipinski definition) is 1. The van der Waals surface area contributed by atoms with Crippen molar-refractivity contribution in [3.8, 4) is 16.9 Å². The van der Waals surface area contributed by atoms with Crippen LogP contribution in [0.5, 0.6) is 5.75 Å². The summed E-state index contributed by atoms with van der Waals surface area (Å²) < 4.78 is 6.54. The number of hydrogen-bond donors (Lipinski definition) is 0. The van der Waals surface area contributed by atoms with Gasteiger partial charge in [-0.1, -0.05) is 67.7 Å². The van der Waals surface area contributed by atoms with E-state index in [1.54, 1.807) is 22.3 Å². The largest absolute Gasteiger partial charge is 0.496 e. The Morgan fingerprint density at radius 1 is 0.600 bits per heavy atom. The van der Waals surface area contributed by atoms with E-state index in [4.69, 9.17) is 4.74 Å². The summed E-state index contributed by atoms with van der Waals surface area (Å²) in [6.45, 7) is 17.0. The lowest BCUT2D eigenvalue weighted by molar-refractivity contribution is 0.0195. The van der Waals surface area contributed by atoms with Gasteiger partial charge in [0.2, 0.25) is 0 Å². The van der Waals surface area contributed by atoms with Gasteiger partial charge in [-0.3, -0.25) is 0 Å². The Balaban J connectivity index is 1.43. The van der Waals surface area contributed by atoms with Crippen LogP contribution < -0.4 is 10.0 Å². The molecule has 0 unspecified atom stereocenters. The molecule has 0 saturated heterocycles. The summed E-state index contributed by atoms with van der Waals surface area (Å²) in [5.74, 6) is 8.58. The average molecular weight is 625 g/mol. The number of rotatable bonds is 8. The minimum atomic E-state index is -0.355. The van der Waals surface area contributed by atoms with Gasteiger partial charge in [-0.05, 0) is 187 Å². The maximum absolute atomic E-state index is 6.54. The number of benzene rings is 2. The van der Waals surface area contributed by atoms with E-state index in [9.17, 15) is 0 Å². The van der Waals surface area contributed by atoms with Crippen LogP contribution in [0.15, 0.2) is 24.3 Å². The molecule has 0 N–H and O–H groups in total. The van der Waals surface area contributed by atoms with E-state index in [-0.39, 0.29) is 7.92 Å². The van der Waals surface area contributed by atoms with Crippen LogP contribution in [0, 0.1) is 42.4 Å². The van der Waals surface area contributed by atoms with E-state index in [1.165, 1.54) is 88.2 Å². The van der Waals surface area contributed by atoms with Gasteiger partial charge >= 0.3 is 0 Å². The quantitative estimate of drug-likeness (QED) is 0.266. The van der Waals surface area contributed by atoms with Crippen LogP contribution in [0.4, 0.5) is 0 Å². The van der Waals surface area contributed by atoms with Crippen LogP contribution in [-0.4, -0.2) is 17.4 Å². The van der Waals surface area contributed by atoms with Crippen LogP contribution in [0.2, 0.25) is 0 Å². The molecule has 2 aromatic carbocycles. The van der Waals surface area contributed by atoms with Crippen molar-refractivity contribution in [3.05, 3.63) is 46.5 Å². The first kappa shape index (κ1) is 31.0. The summed E-state index contributed by atoms with van der Waals surface area (Å²) in [6, 6.07) is 10.0. The molecule has 8 bridgehead atoms. The molecule has 0 atom stereocenters. The fourth-order valence-electron chi connectivity index (χ4n) is 13.3. The van der Waals surface area contributed by atoms with Crippen molar-refractivity contribution in [1.29, 1.82) is 0 Å². The van der Waals surface area contributed by atoms with Gasteiger partial charge in [0.15, 0.2) is 0 Å². The van der Waals surface area contributed by atoms with Crippen LogP contribution >= 0.6 is 7.92 Å². The standard InChI is InChI=1S/C43H61OP/c1-25(2)35-17-36(26(3)4)39(37(18-35)27(5)6)40-38(44-8)10-9-28(7)41(40)45(42-19-29-11-30(20-42)13-31(12-29)21-42)43-22-32-14-33(23-43)16-34(15-32)24-43/h9-10,17-18,25-27,29-34H,11-16,19-24H2,1-8H3. The van der Waals surface area contributed by atoms with E-state index in [0.29, 0.717) is 28.1 Å². The molecule has 45 heavy (non-hydrogen) atoms. The van der Waals surface area contributed by atoms with Crippen LogP contribution in [0.3, 0.4) is 0 Å². The third kappa shape index (κ3) is 4.93. The monoisotopic (exact) mass is 624 g/mol. The summed E-state index contributed by atoms with van der Waals surface area (Å²) in [5, 5.41) is 2.89. The first-order valence-corrected chi connectivity index (χ1v) is 20.5. The highest BCUT2D eigenvalue weighted by molar-refractivity contribution is 7.69. The molecule has 8 aliphatic rings. The van der Waals surface area contributed by atoms with Crippen molar-refractivity contribution in [2.75, 3.05) is 7.11 Å². The molecular formula is C43H61OP. The van der Waals surface area contributed by atoms with Gasteiger partial charge in [0.1, 0.15) is 5.75 Å². The molecule has 8 aliphatic carbocycles. The van der Waals surface area contributed by atoms with Gasteiger partial charge in [-0.2, -0.15) is 0 Å². The minimum Gasteiger partial charge on any atom is -0.496 e. The predicted molar refractivity (Wildman–Crippen MR) is 194 cm³/mol. The third-order valence-corrected chi connectivity index (χ3v) is 18.1. The van der Waals surface area contributed by atoms with Gasteiger partial charge in [-0.25, -0.2) is 0 Å². The Hall–Kier alpha value is -1.33. The van der Waals surface area contributed by atoms with Crippen LogP contribution in [0.1, 0.15) is 159 Å². The second-order valence-corrected chi connectivity index (χ2v) is 21.5. The molecule has 0 aliphatic heterocycles. The van der Waals surface area contributed by atoms with Gasteiger partial charge in [-0.15, -0.1) is 0 Å². The Bertz CT molecular complexity index is 1320. The molecular weight excluding hydrogens is 563 g/mol. The van der Waals surface area contributed by atoms with E-state index < -0.39 is 0 Å². The highest BCUT2D eigenvalue weighted by atomic mass is 31.1. The van der Waals surface area contributed by atoms with Gasteiger partial charge in [0, 0.05) is 5.56 Å². The maximum Gasteiger partial charge on any atom is 0.127 e. The second kappa shape index (κ2) is 11.1. The highest BCUT2D eigenvalue weighted by Gasteiger charge is 2.63. The Kier molecular flexibility index (Phi) is 7.64. The summed E-state index contributed by atoms with van der Waals surface area (Å²) in [7, 11) is 1.61. The second-order valence-electron chi connectivity index (χ2n) is 18.5. The van der Waals surface area contributed by atoms with Crippen LogP contribution in [0.25, 0.3) is 11.1 Å². The Morgan fingerprint density at radius 2 is 1.00 bits per heavy atom. The molecule has 8 fully saturated rings. The van der Waals surface area contributed by atoms with Crippen molar-refractivity contribution >= 4 is 13.2 Å². The zero-order valence-electron chi connectivity index (χ0n) is 29.8. The zero-order valence-corrected chi connectivity index (χ0v) is 30.7. The van der Waals surface area contributed by atoms with Crippen molar-refractivity contribution in [2.45, 2.75) is 154 Å². The number of aryl methyl sites for hydroxylation is 1. The summed E-state index contributed by atoms with van der Waals surface area (Å²) >= 11 is 0. The molecule has 1 nitrogen and oxygen atoms in total. The molecule has 0 heterocycles. The molecule has 0 spiro atoms. The first-order chi connectivity index (χ1) is 21.5. The predicted octanol–water partition coefficient (Wildman–Crippen LogP) is 12.1. The molecule has 10 rings (SSSR count). The number of ether oxygens (including phenoxy) is 1. The third-order valence-electron chi connectivity index (χ3n) is 14.1. The first-order valence-electron chi connectivity index (χ1n) is 19.1. The van der Waals surface area contributed by atoms with Gasteiger partial charge in [0.05, 0.1) is 7.11 Å². The van der Waals surface area contributed by atoms with Gasteiger partial charge < -0.3 is 4.74 Å². The van der Waals surface area contributed by atoms with Crippen molar-refractivity contribution in [3.63, 3.8) is 0 Å². The van der Waals surface area contributed by atoms with Crippen molar-refractivity contribution < 1.29 is 4.74 Å². The molecule has 0 radical (unpaired) electrons. The fraction of sp³-hybridized carbons (Fsp3) is 0.721. The van der Waals surface area contributed by atoms with E-state index in [0.717, 1.165) is 41.3 Å². The van der Waals surface area contributed by atoms with Crippen LogP contribution in [-0.2, 0) is 0 Å². The molecule has 8 saturated carbocycles. The highest BCUT2D eigenvalue weighted by Crippen LogP contribution is 2.79. The van der Waals surface area contributed by atoms with E-state index in [2.05, 4.69) is 72.7 Å². The topological polar surface area (TPSA) is 9.23 Å². The van der Waals surface area contributed by atoms with E-state index in [1.807, 2.05) is 12.4 Å². The lowest BCUT2D eigenvalue weighted by Crippen LogP contribution is -2.58. The minimum absolute atomic E-state index is 0.355. The summed E-state index contributed by atoms with van der Waals surface area (Å²) in [4.78, 5) is 0. The smallest absolute Gasteiger partial charge is 0.127 e.